The Bertz CT molecular complexity index is 977. The number of benzene rings is 1. The van der Waals surface area contributed by atoms with Crippen LogP contribution < -0.4 is 0 Å². The second-order valence-electron chi connectivity index (χ2n) is 6.76. The number of hydrogen-bond donors (Lipinski definition) is 0. The highest BCUT2D eigenvalue weighted by Gasteiger charge is 2.41. The Hall–Kier alpha value is -1.78. The molecule has 2 aliphatic heterocycles. The van der Waals surface area contributed by atoms with E-state index in [1.165, 1.54) is 29.0 Å². The third-order valence-electron chi connectivity index (χ3n) is 4.86. The van der Waals surface area contributed by atoms with Crippen molar-refractivity contribution in [2.75, 3.05) is 18.6 Å². The average Bonchev–Trinajstić information content (AvgIpc) is 3.14. The molecule has 2 amide bonds. The molecule has 0 N–H and O–H groups in total. The first-order valence-electron chi connectivity index (χ1n) is 8.59. The van der Waals surface area contributed by atoms with Crippen molar-refractivity contribution in [2.24, 2.45) is 0 Å². The largest absolute Gasteiger partial charge is 0.340 e. The normalized spacial score (nSPS) is 24.0. The van der Waals surface area contributed by atoms with Crippen molar-refractivity contribution in [1.29, 1.82) is 0 Å². The molecular formula is C18H19FN2O4S3. The fourth-order valence-electron chi connectivity index (χ4n) is 3.21. The van der Waals surface area contributed by atoms with E-state index in [1.54, 1.807) is 25.1 Å². The van der Waals surface area contributed by atoms with Crippen molar-refractivity contribution in [1.82, 2.24) is 9.80 Å². The number of amides is 2. The summed E-state index contributed by atoms with van der Waals surface area (Å²) in [6.45, 7) is 1.55. The van der Waals surface area contributed by atoms with Crippen molar-refractivity contribution in [3.63, 3.8) is 0 Å². The molecule has 10 heteroatoms. The zero-order valence-corrected chi connectivity index (χ0v) is 17.7. The Morgan fingerprint density at radius 1 is 1.43 bits per heavy atom. The SMILES string of the molecule is C[C@@H](C(=O)N(C)[C@H]1CCS(=O)(=O)C1)N1C(=O)/C(=C/c2ccccc2F)SC1=S. The van der Waals surface area contributed by atoms with E-state index in [9.17, 15) is 22.4 Å². The van der Waals surface area contributed by atoms with E-state index in [2.05, 4.69) is 0 Å². The molecule has 0 aliphatic carbocycles. The smallest absolute Gasteiger partial charge is 0.266 e. The molecule has 0 aromatic heterocycles. The van der Waals surface area contributed by atoms with E-state index in [-0.39, 0.29) is 32.2 Å². The lowest BCUT2D eigenvalue weighted by Gasteiger charge is -2.30. The molecule has 6 nitrogen and oxygen atoms in total. The second-order valence-corrected chi connectivity index (χ2v) is 10.7. The number of thiocarbonyl (C=S) groups is 1. The van der Waals surface area contributed by atoms with Gasteiger partial charge in [-0.2, -0.15) is 0 Å². The van der Waals surface area contributed by atoms with E-state index in [0.29, 0.717) is 6.42 Å². The number of sulfone groups is 1. The van der Waals surface area contributed by atoms with Crippen molar-refractivity contribution in [3.8, 4) is 0 Å². The highest BCUT2D eigenvalue weighted by Crippen LogP contribution is 2.34. The number of carbonyl (C=O) groups is 2. The molecule has 2 fully saturated rings. The summed E-state index contributed by atoms with van der Waals surface area (Å²) in [4.78, 5) is 28.4. The van der Waals surface area contributed by atoms with E-state index in [4.69, 9.17) is 12.2 Å². The molecule has 0 radical (unpaired) electrons. The van der Waals surface area contributed by atoms with Crippen LogP contribution in [-0.2, 0) is 19.4 Å². The number of rotatable bonds is 4. The van der Waals surface area contributed by atoms with Crippen LogP contribution in [0.25, 0.3) is 6.08 Å². The predicted molar refractivity (Wildman–Crippen MR) is 111 cm³/mol. The first-order chi connectivity index (χ1) is 13.1. The highest BCUT2D eigenvalue weighted by atomic mass is 32.2. The predicted octanol–water partition coefficient (Wildman–Crippen LogP) is 2.06. The summed E-state index contributed by atoms with van der Waals surface area (Å²) in [6, 6.07) is 4.76. The summed E-state index contributed by atoms with van der Waals surface area (Å²) < 4.78 is 37.4. The summed E-state index contributed by atoms with van der Waals surface area (Å²) >= 11 is 6.27. The van der Waals surface area contributed by atoms with Gasteiger partial charge in [0, 0.05) is 18.7 Å². The molecule has 2 heterocycles. The number of likely N-dealkylation sites (N-methyl/N-ethyl adjacent to an activating group) is 1. The Balaban J connectivity index is 1.77. The van der Waals surface area contributed by atoms with E-state index >= 15 is 0 Å². The first-order valence-corrected chi connectivity index (χ1v) is 11.6. The number of thioether (sulfide) groups is 1. The van der Waals surface area contributed by atoms with Crippen LogP contribution in [0.4, 0.5) is 4.39 Å². The number of carbonyl (C=O) groups excluding carboxylic acids is 2. The van der Waals surface area contributed by atoms with Gasteiger partial charge < -0.3 is 4.90 Å². The topological polar surface area (TPSA) is 74.8 Å². The van der Waals surface area contributed by atoms with Gasteiger partial charge in [-0.25, -0.2) is 12.8 Å². The summed E-state index contributed by atoms with van der Waals surface area (Å²) in [5.74, 6) is -1.33. The van der Waals surface area contributed by atoms with Gasteiger partial charge in [0.15, 0.2) is 9.84 Å². The van der Waals surface area contributed by atoms with Crippen LogP contribution in [0.2, 0.25) is 0 Å². The summed E-state index contributed by atoms with van der Waals surface area (Å²) in [5, 5.41) is 0. The quantitative estimate of drug-likeness (QED) is 0.525. The molecule has 1 aromatic rings. The zero-order chi connectivity index (χ0) is 20.6. The molecule has 28 heavy (non-hydrogen) atoms. The van der Waals surface area contributed by atoms with Crippen LogP contribution in [-0.4, -0.2) is 65.0 Å². The van der Waals surface area contributed by atoms with Gasteiger partial charge in [0.2, 0.25) is 5.91 Å². The van der Waals surface area contributed by atoms with E-state index in [1.807, 2.05) is 0 Å². The fourth-order valence-corrected chi connectivity index (χ4v) is 6.40. The molecule has 3 rings (SSSR count). The third kappa shape index (κ3) is 4.13. The van der Waals surface area contributed by atoms with Gasteiger partial charge in [-0.05, 0) is 25.5 Å². The van der Waals surface area contributed by atoms with Crippen molar-refractivity contribution < 1.29 is 22.4 Å². The summed E-state index contributed by atoms with van der Waals surface area (Å²) in [7, 11) is -1.60. The van der Waals surface area contributed by atoms with E-state index in [0.717, 1.165) is 11.8 Å². The Morgan fingerprint density at radius 3 is 2.71 bits per heavy atom. The van der Waals surface area contributed by atoms with Gasteiger partial charge >= 0.3 is 0 Å². The van der Waals surface area contributed by atoms with Gasteiger partial charge in [0.05, 0.1) is 16.4 Å². The standard InChI is InChI=1S/C18H19FN2O4S3/c1-11(16(22)20(2)13-7-8-28(24,25)10-13)21-17(23)15(27-18(21)26)9-12-5-3-4-6-14(12)19/h3-6,9,11,13H,7-8,10H2,1-2H3/b15-9-/t11-,13-/m0/s1. The molecular weight excluding hydrogens is 423 g/mol. The van der Waals surface area contributed by atoms with Crippen molar-refractivity contribution in [3.05, 3.63) is 40.6 Å². The molecule has 0 spiro atoms. The van der Waals surface area contributed by atoms with Gasteiger partial charge in [0.1, 0.15) is 16.2 Å². The fraction of sp³-hybridized carbons (Fsp3) is 0.389. The molecule has 0 saturated carbocycles. The lowest BCUT2D eigenvalue weighted by atomic mass is 10.1. The van der Waals surface area contributed by atoms with Gasteiger partial charge in [-0.15, -0.1) is 0 Å². The van der Waals surface area contributed by atoms with Crippen LogP contribution >= 0.6 is 24.0 Å². The zero-order valence-electron chi connectivity index (χ0n) is 15.3. The molecule has 0 unspecified atom stereocenters. The lowest BCUT2D eigenvalue weighted by molar-refractivity contribution is -0.139. The minimum absolute atomic E-state index is 0.0517. The van der Waals surface area contributed by atoms with Gasteiger partial charge in [-0.3, -0.25) is 14.5 Å². The minimum Gasteiger partial charge on any atom is -0.340 e. The molecule has 2 atom stereocenters. The van der Waals surface area contributed by atoms with Gasteiger partial charge in [-0.1, -0.05) is 42.2 Å². The lowest BCUT2D eigenvalue weighted by Crippen LogP contribution is -2.50. The minimum atomic E-state index is -3.14. The highest BCUT2D eigenvalue weighted by molar-refractivity contribution is 8.26. The first kappa shape index (κ1) is 20.9. The molecule has 150 valence electrons. The maximum Gasteiger partial charge on any atom is 0.266 e. The number of hydrogen-bond acceptors (Lipinski definition) is 6. The molecule has 2 saturated heterocycles. The maximum absolute atomic E-state index is 13.9. The molecule has 2 aliphatic rings. The van der Waals surface area contributed by atoms with Gasteiger partial charge in [0.25, 0.3) is 5.91 Å². The van der Waals surface area contributed by atoms with E-state index < -0.39 is 33.6 Å². The van der Waals surface area contributed by atoms with Crippen LogP contribution in [0.15, 0.2) is 29.2 Å². The summed E-state index contributed by atoms with van der Waals surface area (Å²) in [6.07, 6.45) is 1.79. The van der Waals surface area contributed by atoms with Crippen LogP contribution in [0, 0.1) is 5.82 Å². The van der Waals surface area contributed by atoms with Crippen molar-refractivity contribution in [2.45, 2.75) is 25.4 Å². The van der Waals surface area contributed by atoms with Crippen LogP contribution in [0.3, 0.4) is 0 Å². The maximum atomic E-state index is 13.9. The van der Waals surface area contributed by atoms with Crippen molar-refractivity contribution >= 4 is 56.0 Å². The average molecular weight is 443 g/mol. The molecule has 0 bridgehead atoms. The van der Waals surface area contributed by atoms with Crippen LogP contribution in [0.1, 0.15) is 18.9 Å². The Kier molecular flexibility index (Phi) is 5.92. The number of halogens is 1. The number of nitrogens with zero attached hydrogens (tertiary/aromatic N) is 2. The summed E-state index contributed by atoms with van der Waals surface area (Å²) in [5.41, 5.74) is 0.259. The third-order valence-corrected chi connectivity index (χ3v) is 7.94. The second kappa shape index (κ2) is 7.92. The Labute approximate surface area is 172 Å². The molecule has 1 aromatic carbocycles. The Morgan fingerprint density at radius 2 is 2.11 bits per heavy atom. The monoisotopic (exact) mass is 442 g/mol. The van der Waals surface area contributed by atoms with Crippen LogP contribution in [0.5, 0.6) is 0 Å².